The van der Waals surface area contributed by atoms with Crippen LogP contribution in [0.2, 0.25) is 0 Å². The molecule has 2 N–H and O–H groups in total. The molecule has 9 heteroatoms. The average molecular weight is 332 g/mol. The summed E-state index contributed by atoms with van der Waals surface area (Å²) in [7, 11) is 0. The van der Waals surface area contributed by atoms with E-state index >= 15 is 0 Å². The highest BCUT2D eigenvalue weighted by atomic mass is 16.6. The summed E-state index contributed by atoms with van der Waals surface area (Å²) in [5, 5.41) is 14.4. The van der Waals surface area contributed by atoms with Gasteiger partial charge in [-0.25, -0.2) is 0 Å². The minimum absolute atomic E-state index is 0.116. The van der Waals surface area contributed by atoms with Crippen LogP contribution in [0.5, 0.6) is 0 Å². The van der Waals surface area contributed by atoms with Gasteiger partial charge in [-0.1, -0.05) is 5.16 Å². The van der Waals surface area contributed by atoms with E-state index in [-0.39, 0.29) is 23.6 Å². The summed E-state index contributed by atoms with van der Waals surface area (Å²) in [4.78, 5) is 33.6. The predicted octanol–water partition coefficient (Wildman–Crippen LogP) is 1.59. The van der Waals surface area contributed by atoms with E-state index in [1.165, 1.54) is 24.3 Å². The van der Waals surface area contributed by atoms with Gasteiger partial charge in [-0.3, -0.25) is 30.6 Å². The monoisotopic (exact) mass is 332 g/mol. The highest BCUT2D eigenvalue weighted by Gasteiger charge is 2.13. The van der Waals surface area contributed by atoms with Gasteiger partial charge in [-0.2, -0.15) is 0 Å². The van der Waals surface area contributed by atoms with Crippen LogP contribution in [0.3, 0.4) is 0 Å². The summed E-state index contributed by atoms with van der Waals surface area (Å²) in [5.41, 5.74) is 6.24. The fourth-order valence-electron chi connectivity index (χ4n) is 2.09. The van der Waals surface area contributed by atoms with E-state index in [1.807, 2.05) is 0 Å². The third-order valence-electron chi connectivity index (χ3n) is 3.44. The molecule has 0 aliphatic heterocycles. The lowest BCUT2D eigenvalue weighted by atomic mass is 10.1. The van der Waals surface area contributed by atoms with Gasteiger partial charge in [0.25, 0.3) is 11.6 Å². The van der Waals surface area contributed by atoms with Crippen molar-refractivity contribution in [1.82, 2.24) is 16.0 Å². The number of hydrazine groups is 1. The minimum atomic E-state index is -0.560. The Bertz CT molecular complexity index is 747. The van der Waals surface area contributed by atoms with Crippen molar-refractivity contribution in [3.8, 4) is 0 Å². The molecule has 0 saturated heterocycles. The average Bonchev–Trinajstić information content (AvgIpc) is 2.89. The highest BCUT2D eigenvalue weighted by Crippen LogP contribution is 2.14. The maximum absolute atomic E-state index is 11.9. The third-order valence-corrected chi connectivity index (χ3v) is 3.44. The summed E-state index contributed by atoms with van der Waals surface area (Å²) in [6.45, 7) is 3.56. The number of nitro groups is 1. The first-order valence-corrected chi connectivity index (χ1v) is 7.14. The zero-order chi connectivity index (χ0) is 17.7. The number of carbonyl (C=O) groups is 2. The van der Waals surface area contributed by atoms with Crippen LogP contribution in [0, 0.1) is 24.0 Å². The van der Waals surface area contributed by atoms with Crippen LogP contribution in [-0.4, -0.2) is 21.9 Å². The Balaban J connectivity index is 1.82. The number of nitrogens with one attached hydrogen (secondary N) is 2. The van der Waals surface area contributed by atoms with Crippen molar-refractivity contribution in [2.75, 3.05) is 0 Å². The summed E-state index contributed by atoms with van der Waals surface area (Å²) in [6, 6.07) is 5.05. The standard InChI is InChI=1S/C15H16N4O5/c1-9-13(10(2)24-18-9)7-8-14(20)16-17-15(21)11-3-5-12(6-4-11)19(22)23/h3-6H,7-8H2,1-2H3,(H,16,20)(H,17,21). The molecule has 0 saturated carbocycles. The quantitative estimate of drug-likeness (QED) is 0.632. The normalized spacial score (nSPS) is 10.2. The second-order valence-corrected chi connectivity index (χ2v) is 5.11. The Kier molecular flexibility index (Phi) is 5.25. The molecule has 0 atom stereocenters. The second-order valence-electron chi connectivity index (χ2n) is 5.11. The van der Waals surface area contributed by atoms with Crippen molar-refractivity contribution in [2.45, 2.75) is 26.7 Å². The number of nitro benzene ring substituents is 1. The second kappa shape index (κ2) is 7.36. The molecule has 126 valence electrons. The summed E-state index contributed by atoms with van der Waals surface area (Å²) in [5.74, 6) is -0.268. The molecule has 0 aliphatic carbocycles. The van der Waals surface area contributed by atoms with E-state index in [4.69, 9.17) is 4.52 Å². The Morgan fingerprint density at radius 2 is 1.88 bits per heavy atom. The van der Waals surface area contributed by atoms with Gasteiger partial charge in [0, 0.05) is 29.7 Å². The molecule has 2 rings (SSSR count). The molecule has 0 spiro atoms. The Morgan fingerprint density at radius 3 is 2.42 bits per heavy atom. The Morgan fingerprint density at radius 1 is 1.21 bits per heavy atom. The third kappa shape index (κ3) is 4.15. The van der Waals surface area contributed by atoms with Crippen LogP contribution in [0.4, 0.5) is 5.69 Å². The molecule has 2 amide bonds. The topological polar surface area (TPSA) is 127 Å². The lowest BCUT2D eigenvalue weighted by Crippen LogP contribution is -2.41. The van der Waals surface area contributed by atoms with Crippen molar-refractivity contribution in [3.05, 3.63) is 57.0 Å². The number of aryl methyl sites for hydroxylation is 2. The molecule has 0 bridgehead atoms. The van der Waals surface area contributed by atoms with Crippen LogP contribution in [0.1, 0.15) is 33.8 Å². The Labute approximate surface area is 137 Å². The van der Waals surface area contributed by atoms with Crippen LogP contribution >= 0.6 is 0 Å². The van der Waals surface area contributed by atoms with Gasteiger partial charge >= 0.3 is 0 Å². The summed E-state index contributed by atoms with van der Waals surface area (Å²) >= 11 is 0. The van der Waals surface area contributed by atoms with Gasteiger partial charge in [-0.15, -0.1) is 0 Å². The first-order chi connectivity index (χ1) is 11.4. The summed E-state index contributed by atoms with van der Waals surface area (Å²) in [6.07, 6.45) is 0.601. The number of non-ortho nitro benzene ring substituents is 1. The number of rotatable bonds is 5. The zero-order valence-electron chi connectivity index (χ0n) is 13.2. The van der Waals surface area contributed by atoms with Gasteiger partial charge in [0.05, 0.1) is 10.6 Å². The largest absolute Gasteiger partial charge is 0.361 e. The molecular weight excluding hydrogens is 316 g/mol. The number of nitrogens with zero attached hydrogens (tertiary/aromatic N) is 2. The van der Waals surface area contributed by atoms with Crippen LogP contribution in [-0.2, 0) is 11.2 Å². The highest BCUT2D eigenvalue weighted by molar-refractivity contribution is 5.95. The van der Waals surface area contributed by atoms with Crippen molar-refractivity contribution in [3.63, 3.8) is 0 Å². The Hall–Kier alpha value is -3.23. The van der Waals surface area contributed by atoms with E-state index < -0.39 is 10.8 Å². The number of hydrogen-bond acceptors (Lipinski definition) is 6. The fourth-order valence-corrected chi connectivity index (χ4v) is 2.09. The lowest BCUT2D eigenvalue weighted by Gasteiger charge is -2.07. The maximum atomic E-state index is 11.9. The van der Waals surface area contributed by atoms with Gasteiger partial charge in [0.15, 0.2) is 0 Å². The molecule has 0 unspecified atom stereocenters. The van der Waals surface area contributed by atoms with E-state index in [0.29, 0.717) is 12.2 Å². The molecule has 2 aromatic rings. The molecular formula is C15H16N4O5. The van der Waals surface area contributed by atoms with E-state index in [2.05, 4.69) is 16.0 Å². The number of benzene rings is 1. The number of amides is 2. The van der Waals surface area contributed by atoms with Gasteiger partial charge in [0.2, 0.25) is 5.91 Å². The number of hydrogen-bond donors (Lipinski definition) is 2. The molecule has 1 aromatic heterocycles. The molecule has 9 nitrogen and oxygen atoms in total. The number of carbonyl (C=O) groups excluding carboxylic acids is 2. The van der Waals surface area contributed by atoms with Gasteiger partial charge < -0.3 is 4.52 Å². The van der Waals surface area contributed by atoms with Crippen molar-refractivity contribution in [2.24, 2.45) is 0 Å². The van der Waals surface area contributed by atoms with Crippen LogP contribution in [0.25, 0.3) is 0 Å². The van der Waals surface area contributed by atoms with Gasteiger partial charge in [0.1, 0.15) is 5.76 Å². The van der Waals surface area contributed by atoms with Crippen LogP contribution in [0.15, 0.2) is 28.8 Å². The van der Waals surface area contributed by atoms with Gasteiger partial charge in [-0.05, 0) is 32.4 Å². The number of aromatic nitrogens is 1. The van der Waals surface area contributed by atoms with Crippen LogP contribution < -0.4 is 10.9 Å². The van der Waals surface area contributed by atoms with Crippen molar-refractivity contribution in [1.29, 1.82) is 0 Å². The first-order valence-electron chi connectivity index (χ1n) is 7.14. The van der Waals surface area contributed by atoms with E-state index in [9.17, 15) is 19.7 Å². The van der Waals surface area contributed by atoms with E-state index in [0.717, 1.165) is 11.3 Å². The fraction of sp³-hybridized carbons (Fsp3) is 0.267. The van der Waals surface area contributed by atoms with Crippen molar-refractivity contribution >= 4 is 17.5 Å². The van der Waals surface area contributed by atoms with E-state index in [1.54, 1.807) is 13.8 Å². The first kappa shape index (κ1) is 17.1. The summed E-state index contributed by atoms with van der Waals surface area (Å²) < 4.78 is 5.01. The predicted molar refractivity (Wildman–Crippen MR) is 83.0 cm³/mol. The molecule has 0 aliphatic rings. The molecule has 24 heavy (non-hydrogen) atoms. The molecule has 1 aromatic carbocycles. The molecule has 0 fully saturated rings. The lowest BCUT2D eigenvalue weighted by molar-refractivity contribution is -0.384. The maximum Gasteiger partial charge on any atom is 0.269 e. The molecule has 0 radical (unpaired) electrons. The zero-order valence-corrected chi connectivity index (χ0v) is 13.2. The molecule has 1 heterocycles. The minimum Gasteiger partial charge on any atom is -0.361 e. The SMILES string of the molecule is Cc1noc(C)c1CCC(=O)NNC(=O)c1ccc([N+](=O)[O-])cc1. The smallest absolute Gasteiger partial charge is 0.269 e. The van der Waals surface area contributed by atoms with Crippen molar-refractivity contribution < 1.29 is 19.0 Å².